The molecule has 2 heterocycles. The number of hydrogen-bond donors (Lipinski definition) is 1. The van der Waals surface area contributed by atoms with Crippen LogP contribution in [0.15, 0.2) is 58.3 Å². The van der Waals surface area contributed by atoms with Crippen molar-refractivity contribution in [3.8, 4) is 0 Å². The molecule has 30 heavy (non-hydrogen) atoms. The molecule has 0 spiro atoms. The van der Waals surface area contributed by atoms with E-state index in [-0.39, 0.29) is 15.6 Å². The summed E-state index contributed by atoms with van der Waals surface area (Å²) in [6.45, 7) is 2.73. The first-order chi connectivity index (χ1) is 14.4. The SMILES string of the molecule is CCCCCCn1c(N)c(S(=O)(=O)c2cccc(Cl)c2)c2nc3ccccc3nc21. The number of anilines is 1. The fourth-order valence-corrected chi connectivity index (χ4v) is 5.44. The van der Waals surface area contributed by atoms with E-state index < -0.39 is 9.84 Å². The van der Waals surface area contributed by atoms with E-state index in [4.69, 9.17) is 22.3 Å². The third-order valence-corrected chi connectivity index (χ3v) is 7.21. The number of halogens is 1. The molecule has 0 aliphatic rings. The molecular weight excluding hydrogens is 420 g/mol. The van der Waals surface area contributed by atoms with Gasteiger partial charge in [-0.1, -0.05) is 56.0 Å². The molecule has 2 aromatic heterocycles. The zero-order valence-corrected chi connectivity index (χ0v) is 18.2. The van der Waals surface area contributed by atoms with Crippen LogP contribution in [-0.2, 0) is 16.4 Å². The Kier molecular flexibility index (Phi) is 5.66. The van der Waals surface area contributed by atoms with Crippen molar-refractivity contribution in [2.45, 2.75) is 48.9 Å². The zero-order chi connectivity index (χ0) is 21.3. The first kappa shape index (κ1) is 20.6. The van der Waals surface area contributed by atoms with Crippen molar-refractivity contribution >= 4 is 49.5 Å². The number of fused-ring (bicyclic) bond motifs is 2. The summed E-state index contributed by atoms with van der Waals surface area (Å²) in [6, 6.07) is 13.6. The standard InChI is InChI=1S/C22H23ClN4O2S/c1-2-3-4-7-13-27-21(24)20(30(28,29)16-10-8-9-15(23)14-16)19-22(27)26-18-12-6-5-11-17(18)25-19/h5-6,8-12,14H,2-4,7,13,24H2,1H3. The van der Waals surface area contributed by atoms with Crippen LogP contribution in [0.3, 0.4) is 0 Å². The molecule has 4 rings (SSSR count). The number of rotatable bonds is 7. The molecule has 2 N–H and O–H groups in total. The Morgan fingerprint density at radius 2 is 1.73 bits per heavy atom. The van der Waals surface area contributed by atoms with E-state index in [0.717, 1.165) is 25.7 Å². The largest absolute Gasteiger partial charge is 0.384 e. The van der Waals surface area contributed by atoms with E-state index in [2.05, 4.69) is 11.9 Å². The second kappa shape index (κ2) is 8.24. The lowest BCUT2D eigenvalue weighted by atomic mass is 10.2. The number of nitrogens with two attached hydrogens (primary N) is 1. The van der Waals surface area contributed by atoms with Gasteiger partial charge < -0.3 is 10.3 Å². The van der Waals surface area contributed by atoms with Gasteiger partial charge in [0.1, 0.15) is 16.2 Å². The molecule has 0 amide bonds. The molecule has 0 saturated heterocycles. The molecule has 4 aromatic rings. The highest BCUT2D eigenvalue weighted by Gasteiger charge is 2.30. The van der Waals surface area contributed by atoms with E-state index in [0.29, 0.717) is 33.8 Å². The Morgan fingerprint density at radius 1 is 1.00 bits per heavy atom. The summed E-state index contributed by atoms with van der Waals surface area (Å²) in [5, 5.41) is 0.342. The summed E-state index contributed by atoms with van der Waals surface area (Å²) >= 11 is 6.05. The summed E-state index contributed by atoms with van der Waals surface area (Å²) in [5.74, 6) is 0.164. The van der Waals surface area contributed by atoms with Crippen molar-refractivity contribution in [1.82, 2.24) is 14.5 Å². The van der Waals surface area contributed by atoms with Gasteiger partial charge in [-0.25, -0.2) is 18.4 Å². The molecule has 0 aliphatic carbocycles. The Bertz CT molecular complexity index is 1330. The molecule has 156 valence electrons. The van der Waals surface area contributed by atoms with E-state index in [1.54, 1.807) is 16.7 Å². The van der Waals surface area contributed by atoms with Crippen LogP contribution in [0.1, 0.15) is 32.6 Å². The molecular formula is C22H23ClN4O2S. The summed E-state index contributed by atoms with van der Waals surface area (Å²) in [5.41, 5.74) is 8.53. The highest BCUT2D eigenvalue weighted by molar-refractivity contribution is 7.92. The van der Waals surface area contributed by atoms with Crippen LogP contribution in [0.4, 0.5) is 5.82 Å². The van der Waals surface area contributed by atoms with Crippen molar-refractivity contribution in [1.29, 1.82) is 0 Å². The van der Waals surface area contributed by atoms with Gasteiger partial charge in [0.2, 0.25) is 9.84 Å². The van der Waals surface area contributed by atoms with Gasteiger partial charge in [-0.05, 0) is 36.8 Å². The van der Waals surface area contributed by atoms with Crippen LogP contribution >= 0.6 is 11.6 Å². The molecule has 8 heteroatoms. The quantitative estimate of drug-likeness (QED) is 0.395. The lowest BCUT2D eigenvalue weighted by Gasteiger charge is -2.08. The number of para-hydroxylation sites is 2. The molecule has 2 aromatic carbocycles. The Morgan fingerprint density at radius 3 is 2.43 bits per heavy atom. The Balaban J connectivity index is 1.96. The monoisotopic (exact) mass is 442 g/mol. The minimum atomic E-state index is -3.93. The molecule has 0 aliphatic heterocycles. The van der Waals surface area contributed by atoms with Gasteiger partial charge in [-0.2, -0.15) is 0 Å². The van der Waals surface area contributed by atoms with Crippen LogP contribution in [0.2, 0.25) is 5.02 Å². The number of nitrogens with zero attached hydrogens (tertiary/aromatic N) is 3. The fraction of sp³-hybridized carbons (Fsp3) is 0.273. The van der Waals surface area contributed by atoms with Crippen LogP contribution in [0.25, 0.3) is 22.2 Å². The molecule has 0 radical (unpaired) electrons. The number of unbranched alkanes of at least 4 members (excludes halogenated alkanes) is 3. The molecule has 0 unspecified atom stereocenters. The van der Waals surface area contributed by atoms with Crippen molar-refractivity contribution < 1.29 is 8.42 Å². The van der Waals surface area contributed by atoms with Crippen molar-refractivity contribution in [3.05, 3.63) is 53.6 Å². The number of aromatic nitrogens is 3. The number of aryl methyl sites for hydroxylation is 1. The highest BCUT2D eigenvalue weighted by atomic mass is 35.5. The first-order valence-corrected chi connectivity index (χ1v) is 11.8. The minimum absolute atomic E-state index is 0.00601. The normalized spacial score (nSPS) is 12.1. The van der Waals surface area contributed by atoms with Crippen LogP contribution in [0, 0.1) is 0 Å². The molecule has 0 fully saturated rings. The summed E-state index contributed by atoms with van der Waals surface area (Å²) in [4.78, 5) is 9.43. The number of nitrogen functional groups attached to an aromatic ring is 1. The van der Waals surface area contributed by atoms with Gasteiger partial charge >= 0.3 is 0 Å². The lowest BCUT2D eigenvalue weighted by Crippen LogP contribution is -2.08. The van der Waals surface area contributed by atoms with E-state index in [9.17, 15) is 8.42 Å². The zero-order valence-electron chi connectivity index (χ0n) is 16.7. The Labute approximate surface area is 180 Å². The summed E-state index contributed by atoms with van der Waals surface area (Å²) < 4.78 is 28.8. The number of sulfone groups is 1. The fourth-order valence-electron chi connectivity index (χ4n) is 3.63. The Hall–Kier alpha value is -2.64. The number of hydrogen-bond acceptors (Lipinski definition) is 5. The van der Waals surface area contributed by atoms with Gasteiger partial charge in [-0.3, -0.25) is 0 Å². The average Bonchev–Trinajstić information content (AvgIpc) is 3.00. The third kappa shape index (κ3) is 3.63. The van der Waals surface area contributed by atoms with E-state index in [1.807, 2.05) is 24.3 Å². The molecule has 0 bridgehead atoms. The molecule has 6 nitrogen and oxygen atoms in total. The molecule has 0 atom stereocenters. The van der Waals surface area contributed by atoms with Crippen molar-refractivity contribution in [2.75, 3.05) is 5.73 Å². The predicted molar refractivity (Wildman–Crippen MR) is 120 cm³/mol. The maximum atomic E-state index is 13.5. The van der Waals surface area contributed by atoms with Gasteiger partial charge in [0, 0.05) is 11.6 Å². The summed E-state index contributed by atoms with van der Waals surface area (Å²) in [7, 11) is -3.93. The van der Waals surface area contributed by atoms with Gasteiger partial charge in [0.15, 0.2) is 5.65 Å². The second-order valence-electron chi connectivity index (χ2n) is 7.27. The van der Waals surface area contributed by atoms with Gasteiger partial charge in [0.05, 0.1) is 15.9 Å². The third-order valence-electron chi connectivity index (χ3n) is 5.16. The lowest BCUT2D eigenvalue weighted by molar-refractivity contribution is 0.589. The van der Waals surface area contributed by atoms with Crippen molar-refractivity contribution in [2.24, 2.45) is 0 Å². The highest BCUT2D eigenvalue weighted by Crippen LogP contribution is 2.36. The van der Waals surface area contributed by atoms with Gasteiger partial charge in [-0.15, -0.1) is 0 Å². The first-order valence-electron chi connectivity index (χ1n) is 9.98. The maximum Gasteiger partial charge on any atom is 0.212 e. The second-order valence-corrected chi connectivity index (χ2v) is 9.59. The topological polar surface area (TPSA) is 90.9 Å². The van der Waals surface area contributed by atoms with Crippen LogP contribution in [-0.4, -0.2) is 23.0 Å². The van der Waals surface area contributed by atoms with Gasteiger partial charge in [0.25, 0.3) is 0 Å². The smallest absolute Gasteiger partial charge is 0.212 e. The maximum absolute atomic E-state index is 13.5. The predicted octanol–water partition coefficient (Wildman–Crippen LogP) is 5.23. The number of benzene rings is 2. The van der Waals surface area contributed by atoms with Crippen LogP contribution in [0.5, 0.6) is 0 Å². The average molecular weight is 443 g/mol. The summed E-state index contributed by atoms with van der Waals surface area (Å²) in [6.07, 6.45) is 4.14. The van der Waals surface area contributed by atoms with Crippen molar-refractivity contribution in [3.63, 3.8) is 0 Å². The molecule has 0 saturated carbocycles. The van der Waals surface area contributed by atoms with E-state index in [1.165, 1.54) is 12.1 Å². The van der Waals surface area contributed by atoms with E-state index >= 15 is 0 Å². The minimum Gasteiger partial charge on any atom is -0.384 e. The van der Waals surface area contributed by atoms with Crippen LogP contribution < -0.4 is 5.73 Å².